The van der Waals surface area contributed by atoms with Crippen molar-refractivity contribution < 1.29 is 0 Å². The van der Waals surface area contributed by atoms with Gasteiger partial charge in [0.2, 0.25) is 0 Å². The van der Waals surface area contributed by atoms with Gasteiger partial charge in [-0.2, -0.15) is 0 Å². The highest BCUT2D eigenvalue weighted by atomic mass is 15.2. The Kier molecular flexibility index (Phi) is 12.3. The predicted octanol–water partition coefficient (Wildman–Crippen LogP) is 25.1. The number of hydrogen-bond donors (Lipinski definition) is 0. The minimum atomic E-state index is 1.03. The Hall–Kier alpha value is -12.5. The van der Waals surface area contributed by atoms with Crippen LogP contribution in [0.15, 0.2) is 352 Å². The molecule has 19 aromatic rings. The smallest absolute Gasteiger partial charge is 0.0542 e. The van der Waals surface area contributed by atoms with Crippen LogP contribution < -0.4 is 9.80 Å². The molecule has 4 heteroatoms. The maximum Gasteiger partial charge on any atom is 0.0542 e. The molecule has 0 aliphatic heterocycles. The van der Waals surface area contributed by atoms with Crippen LogP contribution in [0.1, 0.15) is 0 Å². The van der Waals surface area contributed by atoms with Crippen LogP contribution in [0.3, 0.4) is 0 Å². The van der Waals surface area contributed by atoms with E-state index >= 15 is 0 Å². The molecule has 17 aromatic carbocycles. The number of benzene rings is 17. The van der Waals surface area contributed by atoms with Gasteiger partial charge < -0.3 is 18.9 Å². The monoisotopic (exact) mass is 1190 g/mol. The third-order valence-corrected chi connectivity index (χ3v) is 19.6. The zero-order chi connectivity index (χ0) is 61.8. The largest absolute Gasteiger partial charge is 0.310 e. The van der Waals surface area contributed by atoms with Crippen molar-refractivity contribution in [3.05, 3.63) is 352 Å². The summed E-state index contributed by atoms with van der Waals surface area (Å²) in [6, 6.07) is 130. The lowest BCUT2D eigenvalue weighted by atomic mass is 9.97. The topological polar surface area (TPSA) is 16.3 Å². The van der Waals surface area contributed by atoms with Crippen molar-refractivity contribution in [1.29, 1.82) is 0 Å². The first-order valence-corrected chi connectivity index (χ1v) is 32.4. The molecule has 0 spiro atoms. The summed E-state index contributed by atoms with van der Waals surface area (Å²) in [6.07, 6.45) is 0. The van der Waals surface area contributed by atoms with E-state index in [2.05, 4.69) is 371 Å². The third kappa shape index (κ3) is 8.61. The first kappa shape index (κ1) is 53.3. The summed E-state index contributed by atoms with van der Waals surface area (Å²) in [5.41, 5.74) is 18.0. The lowest BCUT2D eigenvalue weighted by Gasteiger charge is -2.30. The molecule has 94 heavy (non-hydrogen) atoms. The Morgan fingerprint density at radius 1 is 0.181 bits per heavy atom. The van der Waals surface area contributed by atoms with Crippen molar-refractivity contribution in [3.63, 3.8) is 0 Å². The molecule has 2 heterocycles. The van der Waals surface area contributed by atoms with Crippen molar-refractivity contribution in [3.8, 4) is 33.6 Å². The minimum absolute atomic E-state index is 1.03. The second kappa shape index (κ2) is 21.6. The van der Waals surface area contributed by atoms with Gasteiger partial charge in [-0.05, 0) is 175 Å². The third-order valence-electron chi connectivity index (χ3n) is 19.6. The molecular formula is C90H58N4. The predicted molar refractivity (Wildman–Crippen MR) is 400 cm³/mol. The number of nitrogens with zero attached hydrogens (tertiary/aromatic N) is 4. The van der Waals surface area contributed by atoms with Crippen LogP contribution >= 0.6 is 0 Å². The molecule has 0 aliphatic rings. The molecule has 4 nitrogen and oxygen atoms in total. The molecule has 0 fully saturated rings. The summed E-state index contributed by atoms with van der Waals surface area (Å²) in [5, 5.41) is 19.1. The zero-order valence-electron chi connectivity index (χ0n) is 51.3. The molecule has 0 bridgehead atoms. The fraction of sp³-hybridized carbons (Fsp3) is 0. The Labute approximate surface area is 543 Å². The van der Waals surface area contributed by atoms with E-state index in [0.29, 0.717) is 0 Å². The molecule has 0 saturated carbocycles. The van der Waals surface area contributed by atoms with Gasteiger partial charge in [0.25, 0.3) is 0 Å². The fourth-order valence-corrected chi connectivity index (χ4v) is 15.3. The van der Waals surface area contributed by atoms with E-state index in [-0.39, 0.29) is 0 Å². The standard InChI is InChI=1S/C90H58N4/c1-2-25-65-53-66(44-43-59(65)19-1)67-45-49-87-79(54-67)81-57-71(47-51-89(81)93(87)85-41-16-29-63-23-6-11-36-77(63)85)91(83-39-14-27-61-21-4-9-34-75(61)83)69-31-18-32-70(56-69)92(84-40-15-28-62-22-5-10-35-76(62)84)72-48-52-90-82(58-72)80-55-68(74-38-13-26-60-20-3-8-33-73(60)74)46-50-88(80)94(90)86-42-17-30-64-24-7-12-37-78(64)86/h1-58H. The average Bonchev–Trinajstić information content (AvgIpc) is 1.57. The van der Waals surface area contributed by atoms with Crippen LogP contribution in [0.4, 0.5) is 34.1 Å². The average molecular weight is 1200 g/mol. The Bertz CT molecular complexity index is 6260. The highest BCUT2D eigenvalue weighted by Crippen LogP contribution is 2.48. The van der Waals surface area contributed by atoms with Crippen LogP contribution in [0.5, 0.6) is 0 Å². The maximum atomic E-state index is 2.48. The molecule has 0 saturated heterocycles. The second-order valence-corrected chi connectivity index (χ2v) is 24.8. The van der Waals surface area contributed by atoms with Crippen LogP contribution in [0, 0.1) is 0 Å². The van der Waals surface area contributed by atoms with Crippen molar-refractivity contribution >= 4 is 142 Å². The lowest BCUT2D eigenvalue weighted by molar-refractivity contribution is 1.19. The van der Waals surface area contributed by atoms with Gasteiger partial charge in [0, 0.05) is 65.8 Å². The van der Waals surface area contributed by atoms with Crippen LogP contribution in [-0.4, -0.2) is 9.13 Å². The fourth-order valence-electron chi connectivity index (χ4n) is 15.3. The van der Waals surface area contributed by atoms with E-state index < -0.39 is 0 Å². The summed E-state index contributed by atoms with van der Waals surface area (Å²) in [5.74, 6) is 0. The molecule has 0 N–H and O–H groups in total. The van der Waals surface area contributed by atoms with Crippen LogP contribution in [-0.2, 0) is 0 Å². The van der Waals surface area contributed by atoms with E-state index in [4.69, 9.17) is 0 Å². The summed E-state index contributed by atoms with van der Waals surface area (Å²) >= 11 is 0. The zero-order valence-corrected chi connectivity index (χ0v) is 51.3. The summed E-state index contributed by atoms with van der Waals surface area (Å²) < 4.78 is 4.96. The summed E-state index contributed by atoms with van der Waals surface area (Å²) in [6.45, 7) is 0. The number of fused-ring (bicyclic) bond motifs is 12. The van der Waals surface area contributed by atoms with Gasteiger partial charge in [-0.25, -0.2) is 0 Å². The molecule has 0 atom stereocenters. The molecule has 2 aromatic heterocycles. The molecular weight excluding hydrogens is 1140 g/mol. The van der Waals surface area contributed by atoms with Crippen LogP contribution in [0.2, 0.25) is 0 Å². The van der Waals surface area contributed by atoms with Gasteiger partial charge in [0.05, 0.1) is 44.8 Å². The molecule has 0 aliphatic carbocycles. The molecule has 19 rings (SSSR count). The van der Waals surface area contributed by atoms with Gasteiger partial charge in [-0.15, -0.1) is 0 Å². The van der Waals surface area contributed by atoms with E-state index in [1.165, 1.54) is 97.7 Å². The molecule has 0 unspecified atom stereocenters. The van der Waals surface area contributed by atoms with E-state index in [0.717, 1.165) is 78.3 Å². The van der Waals surface area contributed by atoms with Gasteiger partial charge in [0.15, 0.2) is 0 Å². The first-order chi connectivity index (χ1) is 46.6. The van der Waals surface area contributed by atoms with E-state index in [1.807, 2.05) is 0 Å². The molecule has 438 valence electrons. The van der Waals surface area contributed by atoms with Crippen molar-refractivity contribution in [2.24, 2.45) is 0 Å². The number of aromatic nitrogens is 2. The van der Waals surface area contributed by atoms with Crippen molar-refractivity contribution in [2.75, 3.05) is 9.80 Å². The number of rotatable bonds is 10. The number of anilines is 6. The lowest BCUT2D eigenvalue weighted by Crippen LogP contribution is -2.14. The Balaban J connectivity index is 0.843. The highest BCUT2D eigenvalue weighted by molar-refractivity contribution is 6.16. The van der Waals surface area contributed by atoms with Crippen molar-refractivity contribution in [2.45, 2.75) is 0 Å². The second-order valence-electron chi connectivity index (χ2n) is 24.8. The van der Waals surface area contributed by atoms with Crippen molar-refractivity contribution in [1.82, 2.24) is 9.13 Å². The summed E-state index contributed by atoms with van der Waals surface area (Å²) in [4.78, 5) is 4.97. The van der Waals surface area contributed by atoms with Gasteiger partial charge in [-0.3, -0.25) is 0 Å². The minimum Gasteiger partial charge on any atom is -0.310 e. The van der Waals surface area contributed by atoms with E-state index in [1.54, 1.807) is 0 Å². The van der Waals surface area contributed by atoms with Gasteiger partial charge >= 0.3 is 0 Å². The number of hydrogen-bond acceptors (Lipinski definition) is 2. The van der Waals surface area contributed by atoms with E-state index in [9.17, 15) is 0 Å². The normalized spacial score (nSPS) is 11.8. The highest BCUT2D eigenvalue weighted by Gasteiger charge is 2.25. The quantitative estimate of drug-likeness (QED) is 0.136. The Morgan fingerprint density at radius 2 is 0.521 bits per heavy atom. The van der Waals surface area contributed by atoms with Gasteiger partial charge in [0.1, 0.15) is 0 Å². The molecule has 0 radical (unpaired) electrons. The summed E-state index contributed by atoms with van der Waals surface area (Å²) in [7, 11) is 0. The Morgan fingerprint density at radius 3 is 1.05 bits per heavy atom. The maximum absolute atomic E-state index is 2.48. The van der Waals surface area contributed by atoms with Crippen LogP contribution in [0.25, 0.3) is 142 Å². The van der Waals surface area contributed by atoms with Gasteiger partial charge in [-0.1, -0.05) is 243 Å². The SMILES string of the molecule is c1cc(N(c2ccc3c(c2)c2cc(-c4ccc5ccccc5c4)ccc2n3-c2cccc3ccccc23)c2cccc3ccccc23)cc(N(c2ccc3c(c2)c2cc(-c4cccc5ccccc45)ccc2n3-c2cccc3ccccc23)c2cccc3ccccc23)c1. The molecule has 0 amide bonds. The first-order valence-electron chi connectivity index (χ1n) is 32.4.